The van der Waals surface area contributed by atoms with Gasteiger partial charge in [0.25, 0.3) is 9.04 Å². The van der Waals surface area contributed by atoms with Gasteiger partial charge < -0.3 is 4.43 Å². The summed E-state index contributed by atoms with van der Waals surface area (Å²) in [6.07, 6.45) is 2.54. The van der Waals surface area contributed by atoms with E-state index in [-0.39, 0.29) is 0 Å². The maximum Gasteiger partial charge on any atom is 0.289 e. The first-order valence-corrected chi connectivity index (χ1v) is 4.57. The van der Waals surface area contributed by atoms with Gasteiger partial charge >= 0.3 is 0 Å². The van der Waals surface area contributed by atoms with Crippen LogP contribution in [0.2, 0.25) is 13.1 Å². The van der Waals surface area contributed by atoms with Crippen LogP contribution in [0, 0.1) is 12.0 Å². The molecule has 2 heteroatoms. The Balaban J connectivity index is 3.08. The minimum absolute atomic E-state index is 0.571. The molecule has 0 saturated heterocycles. The fourth-order valence-corrected chi connectivity index (χ4v) is 0.459. The largest absolute Gasteiger partial charge is 0.500 e. The quantitative estimate of drug-likeness (QED) is 0.367. The molecular formula is C5H9OSi. The summed E-state index contributed by atoms with van der Waals surface area (Å²) in [5.74, 6) is 2.65. The van der Waals surface area contributed by atoms with E-state index in [1.807, 2.05) is 0 Å². The molecule has 39 valence electrons. The fourth-order valence-electron chi connectivity index (χ4n) is 0.153. The summed E-state index contributed by atoms with van der Waals surface area (Å²) >= 11 is 0. The Morgan fingerprint density at radius 3 is 2.14 bits per heavy atom. The average Bonchev–Trinajstić information content (AvgIpc) is 1.61. The topological polar surface area (TPSA) is 9.23 Å². The highest BCUT2D eigenvalue weighted by molar-refractivity contribution is 6.48. The zero-order valence-electron chi connectivity index (χ0n) is 4.91. The monoisotopic (exact) mass is 113 g/mol. The Labute approximate surface area is 46.4 Å². The molecule has 0 N–H and O–H groups in total. The molecule has 0 saturated carbocycles. The van der Waals surface area contributed by atoms with Crippen molar-refractivity contribution in [2.45, 2.75) is 20.0 Å². The van der Waals surface area contributed by atoms with Gasteiger partial charge in [-0.2, -0.15) is 0 Å². The molecule has 0 aliphatic heterocycles. The second-order valence-corrected chi connectivity index (χ2v) is 3.38. The van der Waals surface area contributed by atoms with Gasteiger partial charge in [0.05, 0.1) is 6.11 Å². The van der Waals surface area contributed by atoms with Crippen LogP contribution in [0.15, 0.2) is 0 Å². The predicted octanol–water partition coefficient (Wildman–Crippen LogP) is 1.23. The maximum absolute atomic E-state index is 4.93. The Morgan fingerprint density at radius 1 is 1.43 bits per heavy atom. The lowest BCUT2D eigenvalue weighted by atomic mass is 10.8. The lowest BCUT2D eigenvalue weighted by Gasteiger charge is -1.93. The molecule has 0 atom stereocenters. The van der Waals surface area contributed by atoms with Gasteiger partial charge in [0.1, 0.15) is 0 Å². The second-order valence-electron chi connectivity index (χ2n) is 1.36. The van der Waals surface area contributed by atoms with Gasteiger partial charge in [-0.3, -0.25) is 0 Å². The molecule has 0 fully saturated rings. The fraction of sp³-hybridized carbons (Fsp3) is 0.600. The summed E-state index contributed by atoms with van der Waals surface area (Å²) in [4.78, 5) is 0. The van der Waals surface area contributed by atoms with Gasteiger partial charge in [0.2, 0.25) is 0 Å². The summed E-state index contributed by atoms with van der Waals surface area (Å²) in [7, 11) is -0.571. The smallest absolute Gasteiger partial charge is 0.289 e. The molecule has 0 aliphatic carbocycles. The molecule has 1 radical (unpaired) electrons. The van der Waals surface area contributed by atoms with Crippen molar-refractivity contribution >= 4 is 9.04 Å². The van der Waals surface area contributed by atoms with Crippen LogP contribution in [0.1, 0.15) is 6.92 Å². The Hall–Kier alpha value is -0.423. The number of hydrogen-bond acceptors (Lipinski definition) is 1. The molecule has 0 aromatic heterocycles. The normalized spacial score (nSPS) is 7.43. The summed E-state index contributed by atoms with van der Waals surface area (Å²) in [6.45, 7) is 5.87. The van der Waals surface area contributed by atoms with Crippen LogP contribution in [0.4, 0.5) is 0 Å². The van der Waals surface area contributed by atoms with E-state index < -0.39 is 9.04 Å². The summed E-state index contributed by atoms with van der Waals surface area (Å²) in [5.41, 5.74) is 0. The standard InChI is InChI=1S/C5H9OSi/c1-4-5-6-7(2)3/h1-3H3. The van der Waals surface area contributed by atoms with E-state index in [0.717, 1.165) is 0 Å². The molecule has 1 nitrogen and oxygen atoms in total. The zero-order chi connectivity index (χ0) is 5.70. The van der Waals surface area contributed by atoms with Crippen molar-refractivity contribution in [3.05, 3.63) is 0 Å². The molecular weight excluding hydrogens is 104 g/mol. The lowest BCUT2D eigenvalue weighted by Crippen LogP contribution is -2.01. The molecule has 0 rings (SSSR count). The molecule has 0 aliphatic rings. The van der Waals surface area contributed by atoms with E-state index in [1.54, 1.807) is 6.92 Å². The van der Waals surface area contributed by atoms with Crippen molar-refractivity contribution in [2.24, 2.45) is 0 Å². The molecule has 0 aromatic rings. The van der Waals surface area contributed by atoms with E-state index >= 15 is 0 Å². The molecule has 0 heterocycles. The highest BCUT2D eigenvalue weighted by Crippen LogP contribution is 1.77. The van der Waals surface area contributed by atoms with Crippen LogP contribution < -0.4 is 0 Å². The summed E-state index contributed by atoms with van der Waals surface area (Å²) in [6, 6.07) is 0. The van der Waals surface area contributed by atoms with Crippen molar-refractivity contribution in [3.63, 3.8) is 0 Å². The van der Waals surface area contributed by atoms with Crippen molar-refractivity contribution in [2.75, 3.05) is 0 Å². The molecule has 0 bridgehead atoms. The average molecular weight is 113 g/mol. The maximum atomic E-state index is 4.93. The third kappa shape index (κ3) is 5.58. The molecule has 7 heavy (non-hydrogen) atoms. The summed E-state index contributed by atoms with van der Waals surface area (Å²) in [5, 5.41) is 0. The molecule has 0 spiro atoms. The van der Waals surface area contributed by atoms with Gasteiger partial charge in [-0.15, -0.1) is 0 Å². The predicted molar refractivity (Wildman–Crippen MR) is 32.0 cm³/mol. The first kappa shape index (κ1) is 6.58. The van der Waals surface area contributed by atoms with Crippen LogP contribution in [-0.2, 0) is 4.43 Å². The van der Waals surface area contributed by atoms with E-state index in [9.17, 15) is 0 Å². The van der Waals surface area contributed by atoms with Crippen LogP contribution in [0.3, 0.4) is 0 Å². The Morgan fingerprint density at radius 2 is 2.00 bits per heavy atom. The van der Waals surface area contributed by atoms with Gasteiger partial charge in [-0.05, 0) is 13.1 Å². The second kappa shape index (κ2) is 3.76. The van der Waals surface area contributed by atoms with Crippen LogP contribution in [0.25, 0.3) is 0 Å². The van der Waals surface area contributed by atoms with Crippen LogP contribution in [0.5, 0.6) is 0 Å². The van der Waals surface area contributed by atoms with Gasteiger partial charge in [-0.25, -0.2) is 0 Å². The molecule has 0 aromatic carbocycles. The van der Waals surface area contributed by atoms with Crippen molar-refractivity contribution < 1.29 is 4.43 Å². The highest BCUT2D eigenvalue weighted by Gasteiger charge is 1.90. The highest BCUT2D eigenvalue weighted by atomic mass is 28.3. The third-order valence-corrected chi connectivity index (χ3v) is 0.868. The first-order chi connectivity index (χ1) is 3.27. The first-order valence-electron chi connectivity index (χ1n) is 2.16. The lowest BCUT2D eigenvalue weighted by molar-refractivity contribution is 0.542. The van der Waals surface area contributed by atoms with Crippen molar-refractivity contribution in [3.8, 4) is 12.0 Å². The molecule has 0 amide bonds. The van der Waals surface area contributed by atoms with Gasteiger partial charge in [-0.1, -0.05) is 5.92 Å². The van der Waals surface area contributed by atoms with Gasteiger partial charge in [0, 0.05) is 6.92 Å². The van der Waals surface area contributed by atoms with Gasteiger partial charge in [0.15, 0.2) is 0 Å². The number of hydrogen-bond donors (Lipinski definition) is 0. The molecule has 0 unspecified atom stereocenters. The zero-order valence-corrected chi connectivity index (χ0v) is 5.91. The van der Waals surface area contributed by atoms with E-state index in [1.165, 1.54) is 0 Å². The minimum atomic E-state index is -0.571. The minimum Gasteiger partial charge on any atom is -0.500 e. The Bertz CT molecular complexity index is 88.0. The van der Waals surface area contributed by atoms with E-state index in [4.69, 9.17) is 4.43 Å². The third-order valence-electron chi connectivity index (χ3n) is 0.357. The van der Waals surface area contributed by atoms with Crippen LogP contribution in [-0.4, -0.2) is 9.04 Å². The van der Waals surface area contributed by atoms with E-state index in [0.29, 0.717) is 0 Å². The van der Waals surface area contributed by atoms with Crippen molar-refractivity contribution in [1.82, 2.24) is 0 Å². The summed E-state index contributed by atoms with van der Waals surface area (Å²) < 4.78 is 4.93. The Kier molecular flexibility index (Phi) is 3.53. The SMILES string of the molecule is CC#CO[Si](C)C. The van der Waals surface area contributed by atoms with E-state index in [2.05, 4.69) is 25.1 Å². The van der Waals surface area contributed by atoms with Crippen LogP contribution >= 0.6 is 0 Å². The number of rotatable bonds is 1. The van der Waals surface area contributed by atoms with Crippen molar-refractivity contribution in [1.29, 1.82) is 0 Å².